The van der Waals surface area contributed by atoms with Crippen molar-refractivity contribution in [3.63, 3.8) is 0 Å². The Morgan fingerprint density at radius 2 is 2.00 bits per heavy atom. The maximum Gasteiger partial charge on any atom is 0.125 e. The lowest BCUT2D eigenvalue weighted by Gasteiger charge is -2.14. The molecule has 0 saturated heterocycles. The third-order valence-corrected chi connectivity index (χ3v) is 4.73. The molecule has 4 heteroatoms. The van der Waals surface area contributed by atoms with Crippen LogP contribution in [0.2, 0.25) is 0 Å². The number of nitrogens with one attached hydrogen (secondary N) is 1. The van der Waals surface area contributed by atoms with Gasteiger partial charge in [-0.2, -0.15) is 0 Å². The Hall–Kier alpha value is -1.55. The lowest BCUT2D eigenvalue weighted by Crippen LogP contribution is -2.09. The molecule has 0 aliphatic rings. The van der Waals surface area contributed by atoms with Crippen LogP contribution in [-0.2, 0) is 0 Å². The van der Waals surface area contributed by atoms with E-state index in [9.17, 15) is 0 Å². The second-order valence-electron chi connectivity index (χ2n) is 5.10. The molecule has 1 aromatic heterocycles. The summed E-state index contributed by atoms with van der Waals surface area (Å²) in [6, 6.07) is 7.95. The van der Waals surface area contributed by atoms with Gasteiger partial charge in [0.05, 0.1) is 6.61 Å². The topological polar surface area (TPSA) is 34.1 Å². The Morgan fingerprint density at radius 3 is 2.71 bits per heavy atom. The van der Waals surface area contributed by atoms with Crippen molar-refractivity contribution in [1.29, 1.82) is 0 Å². The molecular formula is C17H21BrN2O. The predicted molar refractivity (Wildman–Crippen MR) is 91.2 cm³/mol. The van der Waals surface area contributed by atoms with E-state index in [1.807, 2.05) is 18.2 Å². The Morgan fingerprint density at radius 1 is 1.19 bits per heavy atom. The summed E-state index contributed by atoms with van der Waals surface area (Å²) < 4.78 is 7.08. The van der Waals surface area contributed by atoms with Crippen molar-refractivity contribution >= 4 is 21.7 Å². The zero-order valence-corrected chi connectivity index (χ0v) is 14.3. The monoisotopic (exact) mass is 348 g/mol. The maximum atomic E-state index is 5.91. The van der Waals surface area contributed by atoms with Crippen LogP contribution in [-0.4, -0.2) is 18.1 Å². The minimum atomic E-state index is 0.696. The van der Waals surface area contributed by atoms with Crippen LogP contribution in [0.25, 0.3) is 0 Å². The first-order valence-corrected chi connectivity index (χ1v) is 7.93. The summed E-state index contributed by atoms with van der Waals surface area (Å²) in [5.74, 6) is 1.88. The van der Waals surface area contributed by atoms with E-state index in [1.54, 1.807) is 6.20 Å². The van der Waals surface area contributed by atoms with Gasteiger partial charge in [0, 0.05) is 17.2 Å². The molecule has 0 aliphatic carbocycles. The fourth-order valence-electron chi connectivity index (χ4n) is 2.10. The van der Waals surface area contributed by atoms with Crippen molar-refractivity contribution < 1.29 is 4.74 Å². The highest BCUT2D eigenvalue weighted by Crippen LogP contribution is 2.31. The van der Waals surface area contributed by atoms with Crippen molar-refractivity contribution in [2.45, 2.75) is 27.2 Å². The van der Waals surface area contributed by atoms with Crippen molar-refractivity contribution in [1.82, 2.24) is 4.98 Å². The summed E-state index contributed by atoms with van der Waals surface area (Å²) >= 11 is 3.61. The lowest BCUT2D eigenvalue weighted by atomic mass is 10.1. The van der Waals surface area contributed by atoms with Crippen LogP contribution in [0.5, 0.6) is 5.75 Å². The quantitative estimate of drug-likeness (QED) is 0.771. The standard InChI is InChI=1S/C17H21BrN2O/c1-12-11-15(13(2)14(3)17(12)18)21-10-6-9-20-16-7-4-5-8-19-16/h4-5,7-8,11H,6,9-10H2,1-3H3,(H,19,20). The molecule has 0 atom stereocenters. The van der Waals surface area contributed by atoms with Crippen LogP contribution in [0.15, 0.2) is 34.9 Å². The van der Waals surface area contributed by atoms with Crippen LogP contribution < -0.4 is 10.1 Å². The molecule has 2 aromatic rings. The van der Waals surface area contributed by atoms with Crippen LogP contribution in [0.1, 0.15) is 23.1 Å². The average molecular weight is 349 g/mol. The van der Waals surface area contributed by atoms with E-state index in [4.69, 9.17) is 4.74 Å². The highest BCUT2D eigenvalue weighted by Gasteiger charge is 2.08. The maximum absolute atomic E-state index is 5.91. The molecule has 0 bridgehead atoms. The van der Waals surface area contributed by atoms with Gasteiger partial charge in [-0.25, -0.2) is 4.98 Å². The average Bonchev–Trinajstić information content (AvgIpc) is 2.50. The van der Waals surface area contributed by atoms with E-state index >= 15 is 0 Å². The summed E-state index contributed by atoms with van der Waals surface area (Å²) in [4.78, 5) is 4.22. The van der Waals surface area contributed by atoms with Gasteiger partial charge in [0.15, 0.2) is 0 Å². The van der Waals surface area contributed by atoms with Gasteiger partial charge in [0.1, 0.15) is 11.6 Å². The largest absolute Gasteiger partial charge is 0.493 e. The molecule has 0 aliphatic heterocycles. The third kappa shape index (κ3) is 4.21. The minimum Gasteiger partial charge on any atom is -0.493 e. The van der Waals surface area contributed by atoms with Crippen LogP contribution in [0.3, 0.4) is 0 Å². The Kier molecular flexibility index (Phi) is 5.62. The van der Waals surface area contributed by atoms with Gasteiger partial charge in [-0.1, -0.05) is 22.0 Å². The predicted octanol–water partition coefficient (Wildman–Crippen LogP) is 4.65. The molecule has 0 spiro atoms. The van der Waals surface area contributed by atoms with Gasteiger partial charge < -0.3 is 10.1 Å². The van der Waals surface area contributed by atoms with Crippen molar-refractivity contribution in [3.05, 3.63) is 51.6 Å². The summed E-state index contributed by atoms with van der Waals surface area (Å²) in [5.41, 5.74) is 3.65. The molecule has 1 N–H and O–H groups in total. The molecule has 112 valence electrons. The third-order valence-electron chi connectivity index (χ3n) is 3.50. The molecule has 1 heterocycles. The fourth-order valence-corrected chi connectivity index (χ4v) is 2.51. The van der Waals surface area contributed by atoms with E-state index in [2.05, 4.69) is 53.1 Å². The molecule has 0 saturated carbocycles. The molecule has 2 rings (SSSR count). The molecule has 21 heavy (non-hydrogen) atoms. The van der Waals surface area contributed by atoms with E-state index in [0.717, 1.165) is 24.5 Å². The number of pyridine rings is 1. The van der Waals surface area contributed by atoms with Crippen molar-refractivity contribution in [3.8, 4) is 5.75 Å². The van der Waals surface area contributed by atoms with Gasteiger partial charge in [0.2, 0.25) is 0 Å². The number of halogens is 1. The molecule has 0 radical (unpaired) electrons. The molecule has 0 fully saturated rings. The van der Waals surface area contributed by atoms with Gasteiger partial charge in [-0.15, -0.1) is 0 Å². The first-order valence-electron chi connectivity index (χ1n) is 7.13. The SMILES string of the molecule is Cc1cc(OCCCNc2ccccn2)c(C)c(C)c1Br. The zero-order valence-electron chi connectivity index (χ0n) is 12.7. The molecular weight excluding hydrogens is 328 g/mol. The number of ether oxygens (including phenoxy) is 1. The van der Waals surface area contributed by atoms with E-state index in [1.165, 1.54) is 21.2 Å². The van der Waals surface area contributed by atoms with E-state index < -0.39 is 0 Å². The Balaban J connectivity index is 1.82. The molecule has 3 nitrogen and oxygen atoms in total. The lowest BCUT2D eigenvalue weighted by molar-refractivity contribution is 0.312. The van der Waals surface area contributed by atoms with Gasteiger partial charge in [-0.3, -0.25) is 0 Å². The number of benzene rings is 1. The number of nitrogens with zero attached hydrogens (tertiary/aromatic N) is 1. The van der Waals surface area contributed by atoms with E-state index in [-0.39, 0.29) is 0 Å². The highest BCUT2D eigenvalue weighted by molar-refractivity contribution is 9.10. The first-order chi connectivity index (χ1) is 10.1. The van der Waals surface area contributed by atoms with E-state index in [0.29, 0.717) is 6.61 Å². The van der Waals surface area contributed by atoms with Crippen LogP contribution in [0.4, 0.5) is 5.82 Å². The molecule has 1 aromatic carbocycles. The van der Waals surface area contributed by atoms with Crippen LogP contribution >= 0.6 is 15.9 Å². The molecule has 0 unspecified atom stereocenters. The number of aryl methyl sites for hydroxylation is 1. The number of hydrogen-bond donors (Lipinski definition) is 1. The number of anilines is 1. The van der Waals surface area contributed by atoms with Gasteiger partial charge in [-0.05, 0) is 62.1 Å². The summed E-state index contributed by atoms with van der Waals surface area (Å²) in [7, 11) is 0. The van der Waals surface area contributed by atoms with Gasteiger partial charge >= 0.3 is 0 Å². The van der Waals surface area contributed by atoms with Crippen molar-refractivity contribution in [2.75, 3.05) is 18.5 Å². The Bertz CT molecular complexity index is 599. The number of aromatic nitrogens is 1. The summed E-state index contributed by atoms with van der Waals surface area (Å²) in [5, 5.41) is 3.28. The number of rotatable bonds is 6. The minimum absolute atomic E-state index is 0.696. The van der Waals surface area contributed by atoms with Gasteiger partial charge in [0.25, 0.3) is 0 Å². The number of hydrogen-bond acceptors (Lipinski definition) is 3. The zero-order chi connectivity index (χ0) is 15.2. The van der Waals surface area contributed by atoms with Crippen molar-refractivity contribution in [2.24, 2.45) is 0 Å². The second kappa shape index (κ2) is 7.46. The first kappa shape index (κ1) is 15.8. The second-order valence-corrected chi connectivity index (χ2v) is 5.89. The summed E-state index contributed by atoms with van der Waals surface area (Å²) in [6.45, 7) is 7.85. The fraction of sp³-hybridized carbons (Fsp3) is 0.353. The molecule has 0 amide bonds. The Labute approximate surface area is 134 Å². The normalized spacial score (nSPS) is 10.5. The summed E-state index contributed by atoms with van der Waals surface area (Å²) in [6.07, 6.45) is 2.72. The highest BCUT2D eigenvalue weighted by atomic mass is 79.9. The smallest absolute Gasteiger partial charge is 0.125 e. The van der Waals surface area contributed by atoms with Crippen LogP contribution in [0, 0.1) is 20.8 Å².